The van der Waals surface area contributed by atoms with Crippen molar-refractivity contribution in [3.8, 4) is 11.5 Å². The second kappa shape index (κ2) is 7.32. The van der Waals surface area contributed by atoms with Crippen LogP contribution in [-0.2, 0) is 0 Å². The molecule has 9 heteroatoms. The summed E-state index contributed by atoms with van der Waals surface area (Å²) in [6, 6.07) is 12.2. The van der Waals surface area contributed by atoms with Gasteiger partial charge in [-0.2, -0.15) is 5.10 Å². The van der Waals surface area contributed by atoms with Gasteiger partial charge in [0.25, 0.3) is 5.91 Å². The van der Waals surface area contributed by atoms with Crippen molar-refractivity contribution in [3.05, 3.63) is 74.9 Å². The van der Waals surface area contributed by atoms with Crippen LogP contribution < -0.4 is 10.1 Å². The van der Waals surface area contributed by atoms with Crippen LogP contribution in [0.2, 0.25) is 5.02 Å². The van der Waals surface area contributed by atoms with Crippen LogP contribution in [0.25, 0.3) is 0 Å². The number of halogens is 1. The van der Waals surface area contributed by atoms with Crippen LogP contribution >= 0.6 is 11.6 Å². The molecule has 3 aromatic rings. The Hall–Kier alpha value is -3.39. The molecule has 0 spiro atoms. The van der Waals surface area contributed by atoms with Crippen molar-refractivity contribution < 1.29 is 14.5 Å². The molecule has 1 fully saturated rings. The van der Waals surface area contributed by atoms with E-state index in [-0.39, 0.29) is 17.0 Å². The molecule has 1 aromatic heterocycles. The molecule has 1 aliphatic rings. The SMILES string of the molecule is O=C(Nc1cc(C2CC2)n[nH]1)c1ccc(Oc2ccc(Cl)cc2)c([N+](=O)[O-])c1. The Bertz CT molecular complexity index is 1040. The van der Waals surface area contributed by atoms with Gasteiger partial charge in [0.2, 0.25) is 5.75 Å². The number of aromatic nitrogens is 2. The molecule has 142 valence electrons. The number of carbonyl (C=O) groups excluding carboxylic acids is 1. The van der Waals surface area contributed by atoms with Crippen LogP contribution in [0.1, 0.15) is 34.8 Å². The zero-order valence-corrected chi connectivity index (χ0v) is 15.3. The molecule has 1 aliphatic carbocycles. The van der Waals surface area contributed by atoms with Crippen molar-refractivity contribution >= 4 is 29.0 Å². The Morgan fingerprint density at radius 3 is 2.64 bits per heavy atom. The first-order valence-corrected chi connectivity index (χ1v) is 8.96. The van der Waals surface area contributed by atoms with Gasteiger partial charge in [0.05, 0.1) is 10.6 Å². The number of amides is 1. The van der Waals surface area contributed by atoms with Crippen LogP contribution in [0.5, 0.6) is 11.5 Å². The summed E-state index contributed by atoms with van der Waals surface area (Å²) in [4.78, 5) is 23.3. The van der Waals surface area contributed by atoms with E-state index >= 15 is 0 Å². The maximum atomic E-state index is 12.5. The minimum atomic E-state index is -0.594. The van der Waals surface area contributed by atoms with Gasteiger partial charge in [-0.3, -0.25) is 20.0 Å². The van der Waals surface area contributed by atoms with Crippen molar-refractivity contribution in [2.45, 2.75) is 18.8 Å². The molecular weight excluding hydrogens is 384 g/mol. The fraction of sp³-hybridized carbons (Fsp3) is 0.158. The molecule has 4 rings (SSSR count). The van der Waals surface area contributed by atoms with E-state index in [1.54, 1.807) is 30.3 Å². The van der Waals surface area contributed by atoms with E-state index in [4.69, 9.17) is 16.3 Å². The number of H-pyrrole nitrogens is 1. The van der Waals surface area contributed by atoms with Gasteiger partial charge in [-0.05, 0) is 49.2 Å². The van der Waals surface area contributed by atoms with Crippen molar-refractivity contribution in [2.24, 2.45) is 0 Å². The highest BCUT2D eigenvalue weighted by Crippen LogP contribution is 2.39. The predicted molar refractivity (Wildman–Crippen MR) is 103 cm³/mol. The average molecular weight is 399 g/mol. The van der Waals surface area contributed by atoms with Gasteiger partial charge in [-0.15, -0.1) is 0 Å². The zero-order valence-electron chi connectivity index (χ0n) is 14.5. The number of rotatable bonds is 6. The van der Waals surface area contributed by atoms with Gasteiger partial charge in [-0.25, -0.2) is 0 Å². The molecule has 1 heterocycles. The number of nitrogens with zero attached hydrogens (tertiary/aromatic N) is 2. The first-order valence-electron chi connectivity index (χ1n) is 8.58. The highest BCUT2D eigenvalue weighted by atomic mass is 35.5. The molecule has 1 amide bonds. The molecule has 0 bridgehead atoms. The summed E-state index contributed by atoms with van der Waals surface area (Å²) >= 11 is 5.83. The first-order chi connectivity index (χ1) is 13.5. The first kappa shape index (κ1) is 18.0. The predicted octanol–water partition coefficient (Wildman–Crippen LogP) is 4.89. The Labute approximate surface area is 164 Å². The minimum absolute atomic E-state index is 0.0291. The van der Waals surface area contributed by atoms with Gasteiger partial charge in [0.1, 0.15) is 11.6 Å². The van der Waals surface area contributed by atoms with Gasteiger partial charge in [0.15, 0.2) is 0 Å². The number of hydrogen-bond acceptors (Lipinski definition) is 5. The number of anilines is 1. The van der Waals surface area contributed by atoms with E-state index in [0.29, 0.717) is 22.5 Å². The third kappa shape index (κ3) is 3.96. The molecule has 2 aromatic carbocycles. The lowest BCUT2D eigenvalue weighted by molar-refractivity contribution is -0.385. The number of hydrogen-bond donors (Lipinski definition) is 2. The molecule has 2 N–H and O–H groups in total. The van der Waals surface area contributed by atoms with Crippen molar-refractivity contribution in [1.82, 2.24) is 10.2 Å². The third-order valence-corrected chi connectivity index (χ3v) is 4.55. The summed E-state index contributed by atoms with van der Waals surface area (Å²) in [6.07, 6.45) is 2.19. The molecule has 0 saturated heterocycles. The number of ether oxygens (including phenoxy) is 1. The van der Waals surface area contributed by atoms with Gasteiger partial charge in [0, 0.05) is 28.6 Å². The highest BCUT2D eigenvalue weighted by Gasteiger charge is 2.26. The lowest BCUT2D eigenvalue weighted by atomic mass is 10.1. The third-order valence-electron chi connectivity index (χ3n) is 4.30. The molecule has 0 atom stereocenters. The number of nitrogens with one attached hydrogen (secondary N) is 2. The fourth-order valence-electron chi connectivity index (χ4n) is 2.70. The van der Waals surface area contributed by atoms with Crippen LogP contribution in [0.4, 0.5) is 11.5 Å². The largest absolute Gasteiger partial charge is 0.450 e. The summed E-state index contributed by atoms with van der Waals surface area (Å²) in [5.41, 5.74) is 0.733. The van der Waals surface area contributed by atoms with Crippen molar-refractivity contribution in [2.75, 3.05) is 5.32 Å². The van der Waals surface area contributed by atoms with Crippen LogP contribution in [0, 0.1) is 10.1 Å². The molecule has 28 heavy (non-hydrogen) atoms. The number of aromatic amines is 1. The maximum Gasteiger partial charge on any atom is 0.312 e. The minimum Gasteiger partial charge on any atom is -0.450 e. The second-order valence-corrected chi connectivity index (χ2v) is 6.87. The zero-order chi connectivity index (χ0) is 19.7. The average Bonchev–Trinajstić information content (AvgIpc) is 3.43. The van der Waals surface area contributed by atoms with E-state index in [1.807, 2.05) is 0 Å². The van der Waals surface area contributed by atoms with E-state index < -0.39 is 10.8 Å². The van der Waals surface area contributed by atoms with Crippen molar-refractivity contribution in [3.63, 3.8) is 0 Å². The molecule has 0 unspecified atom stereocenters. The number of carbonyl (C=O) groups is 1. The molecule has 8 nitrogen and oxygen atoms in total. The number of benzene rings is 2. The molecular formula is C19H15ClN4O4. The Morgan fingerprint density at radius 2 is 1.96 bits per heavy atom. The molecule has 0 radical (unpaired) electrons. The monoisotopic (exact) mass is 398 g/mol. The van der Waals surface area contributed by atoms with Crippen LogP contribution in [-0.4, -0.2) is 21.0 Å². The molecule has 1 saturated carbocycles. The second-order valence-electron chi connectivity index (χ2n) is 6.43. The van der Waals surface area contributed by atoms with Crippen LogP contribution in [0.15, 0.2) is 48.5 Å². The van der Waals surface area contributed by atoms with E-state index in [2.05, 4.69) is 15.5 Å². The maximum absolute atomic E-state index is 12.5. The lowest BCUT2D eigenvalue weighted by Crippen LogP contribution is -2.12. The van der Waals surface area contributed by atoms with E-state index in [9.17, 15) is 14.9 Å². The van der Waals surface area contributed by atoms with Gasteiger partial charge in [-0.1, -0.05) is 11.6 Å². The molecule has 0 aliphatic heterocycles. The van der Waals surface area contributed by atoms with Gasteiger partial charge < -0.3 is 10.1 Å². The fourth-order valence-corrected chi connectivity index (χ4v) is 2.83. The summed E-state index contributed by atoms with van der Waals surface area (Å²) in [7, 11) is 0. The Kier molecular flexibility index (Phi) is 4.70. The normalized spacial score (nSPS) is 13.2. The van der Waals surface area contributed by atoms with Crippen molar-refractivity contribution in [1.29, 1.82) is 0 Å². The standard InChI is InChI=1S/C19H15ClN4O4/c20-13-4-6-14(7-5-13)28-17-8-3-12(9-16(17)24(26)27)19(25)21-18-10-15(22-23-18)11-1-2-11/h3-11H,1-2H2,(H2,21,22,23,25). The topological polar surface area (TPSA) is 110 Å². The summed E-state index contributed by atoms with van der Waals surface area (Å²) in [6.45, 7) is 0. The summed E-state index contributed by atoms with van der Waals surface area (Å²) in [5, 5.41) is 21.6. The highest BCUT2D eigenvalue weighted by molar-refractivity contribution is 6.30. The van der Waals surface area contributed by atoms with E-state index in [1.165, 1.54) is 18.2 Å². The summed E-state index contributed by atoms with van der Waals surface area (Å²) < 4.78 is 5.57. The van der Waals surface area contributed by atoms with E-state index in [0.717, 1.165) is 18.5 Å². The quantitative estimate of drug-likeness (QED) is 0.453. The number of nitro groups is 1. The Morgan fingerprint density at radius 1 is 1.21 bits per heavy atom. The summed E-state index contributed by atoms with van der Waals surface area (Å²) in [5.74, 6) is 0.853. The smallest absolute Gasteiger partial charge is 0.312 e. The lowest BCUT2D eigenvalue weighted by Gasteiger charge is -2.08. The van der Waals surface area contributed by atoms with Gasteiger partial charge >= 0.3 is 5.69 Å². The number of nitro benzene ring substituents is 1. The van der Waals surface area contributed by atoms with Crippen LogP contribution in [0.3, 0.4) is 0 Å². The Balaban J connectivity index is 1.53.